The Morgan fingerprint density at radius 2 is 1.48 bits per heavy atom. The summed E-state index contributed by atoms with van der Waals surface area (Å²) in [6.07, 6.45) is 2.21. The summed E-state index contributed by atoms with van der Waals surface area (Å²) < 4.78 is 0. The standard InChI is InChI=1S/C18H25N3O2/c1-15(22)19-11-13-20(14-12-19)17(16-7-3-2-4-8-16)18(23)21-9-5-6-10-21/h2-4,7-8,17H,5-6,9-14H2,1H3. The van der Waals surface area contributed by atoms with E-state index in [2.05, 4.69) is 4.90 Å². The molecule has 2 heterocycles. The van der Waals surface area contributed by atoms with E-state index < -0.39 is 0 Å². The van der Waals surface area contributed by atoms with Crippen molar-refractivity contribution in [3.05, 3.63) is 35.9 Å². The zero-order chi connectivity index (χ0) is 16.2. The molecule has 2 saturated heterocycles. The topological polar surface area (TPSA) is 43.9 Å². The Morgan fingerprint density at radius 1 is 0.870 bits per heavy atom. The van der Waals surface area contributed by atoms with Crippen LogP contribution in [0.25, 0.3) is 0 Å². The van der Waals surface area contributed by atoms with E-state index >= 15 is 0 Å². The van der Waals surface area contributed by atoms with Crippen LogP contribution >= 0.6 is 0 Å². The molecule has 3 rings (SSSR count). The van der Waals surface area contributed by atoms with Crippen molar-refractivity contribution in [3.8, 4) is 0 Å². The zero-order valence-corrected chi connectivity index (χ0v) is 13.8. The second-order valence-corrected chi connectivity index (χ2v) is 6.39. The smallest absolute Gasteiger partial charge is 0.244 e. The van der Waals surface area contributed by atoms with Gasteiger partial charge in [-0.1, -0.05) is 30.3 Å². The third-order valence-corrected chi connectivity index (χ3v) is 4.89. The highest BCUT2D eigenvalue weighted by Gasteiger charge is 2.34. The Bertz CT molecular complexity index is 547. The summed E-state index contributed by atoms with van der Waals surface area (Å²) in [6, 6.07) is 9.82. The summed E-state index contributed by atoms with van der Waals surface area (Å²) in [5, 5.41) is 0. The maximum absolute atomic E-state index is 13.1. The van der Waals surface area contributed by atoms with E-state index in [0.29, 0.717) is 13.1 Å². The van der Waals surface area contributed by atoms with E-state index in [0.717, 1.165) is 44.6 Å². The van der Waals surface area contributed by atoms with Gasteiger partial charge in [0.15, 0.2) is 0 Å². The van der Waals surface area contributed by atoms with Crippen molar-refractivity contribution in [2.75, 3.05) is 39.3 Å². The zero-order valence-electron chi connectivity index (χ0n) is 13.8. The van der Waals surface area contributed by atoms with E-state index in [4.69, 9.17) is 0 Å². The Morgan fingerprint density at radius 3 is 2.04 bits per heavy atom. The summed E-state index contributed by atoms with van der Waals surface area (Å²) in [5.74, 6) is 0.330. The van der Waals surface area contributed by atoms with Crippen molar-refractivity contribution in [1.29, 1.82) is 0 Å². The summed E-state index contributed by atoms with van der Waals surface area (Å²) in [7, 11) is 0. The van der Waals surface area contributed by atoms with Gasteiger partial charge in [0.25, 0.3) is 0 Å². The molecule has 2 aliphatic rings. The molecule has 0 aliphatic carbocycles. The van der Waals surface area contributed by atoms with Crippen LogP contribution in [0, 0.1) is 0 Å². The molecule has 2 aliphatic heterocycles. The first-order valence-electron chi connectivity index (χ1n) is 8.50. The molecule has 0 spiro atoms. The lowest BCUT2D eigenvalue weighted by molar-refractivity contribution is -0.138. The monoisotopic (exact) mass is 315 g/mol. The maximum atomic E-state index is 13.1. The molecule has 0 aromatic heterocycles. The lowest BCUT2D eigenvalue weighted by atomic mass is 10.0. The Balaban J connectivity index is 1.78. The normalized spacial score (nSPS) is 20.6. The van der Waals surface area contributed by atoms with Crippen LogP contribution in [0.15, 0.2) is 30.3 Å². The van der Waals surface area contributed by atoms with E-state index in [1.165, 1.54) is 0 Å². The Kier molecular flexibility index (Phi) is 4.96. The Labute approximate surface area is 137 Å². The predicted molar refractivity (Wildman–Crippen MR) is 88.8 cm³/mol. The molecule has 5 heteroatoms. The highest BCUT2D eigenvalue weighted by Crippen LogP contribution is 2.26. The highest BCUT2D eigenvalue weighted by molar-refractivity contribution is 5.83. The van der Waals surface area contributed by atoms with Gasteiger partial charge in [0.05, 0.1) is 0 Å². The number of hydrogen-bond acceptors (Lipinski definition) is 3. The number of piperazine rings is 1. The average Bonchev–Trinajstić information content (AvgIpc) is 3.11. The van der Waals surface area contributed by atoms with Crippen molar-refractivity contribution in [1.82, 2.24) is 14.7 Å². The number of likely N-dealkylation sites (tertiary alicyclic amines) is 1. The van der Waals surface area contributed by atoms with E-state index in [1.54, 1.807) is 6.92 Å². The van der Waals surface area contributed by atoms with Gasteiger partial charge in [-0.25, -0.2) is 0 Å². The molecule has 1 atom stereocenters. The van der Waals surface area contributed by atoms with E-state index in [9.17, 15) is 9.59 Å². The molecule has 2 amide bonds. The molecule has 0 saturated carbocycles. The first-order chi connectivity index (χ1) is 11.2. The number of carbonyl (C=O) groups excluding carboxylic acids is 2. The van der Waals surface area contributed by atoms with Crippen LogP contribution < -0.4 is 0 Å². The fourth-order valence-electron chi connectivity index (χ4n) is 3.55. The average molecular weight is 315 g/mol. The van der Waals surface area contributed by atoms with Crippen LogP contribution in [0.5, 0.6) is 0 Å². The molecule has 0 N–H and O–H groups in total. The van der Waals surface area contributed by atoms with Gasteiger partial charge >= 0.3 is 0 Å². The third kappa shape index (κ3) is 3.55. The van der Waals surface area contributed by atoms with Gasteiger partial charge < -0.3 is 9.80 Å². The van der Waals surface area contributed by atoms with Crippen LogP contribution in [-0.4, -0.2) is 65.8 Å². The first kappa shape index (κ1) is 16.0. The SMILES string of the molecule is CC(=O)N1CCN(C(C(=O)N2CCCC2)c2ccccc2)CC1. The van der Waals surface area contributed by atoms with Crippen LogP contribution in [0.3, 0.4) is 0 Å². The first-order valence-corrected chi connectivity index (χ1v) is 8.50. The van der Waals surface area contributed by atoms with Gasteiger partial charge in [-0.05, 0) is 18.4 Å². The molecule has 0 radical (unpaired) electrons. The second-order valence-electron chi connectivity index (χ2n) is 6.39. The molecule has 1 unspecified atom stereocenters. The van der Waals surface area contributed by atoms with Crippen LogP contribution in [-0.2, 0) is 9.59 Å². The minimum atomic E-state index is -0.219. The van der Waals surface area contributed by atoms with Gasteiger partial charge in [0.2, 0.25) is 11.8 Å². The summed E-state index contributed by atoms with van der Waals surface area (Å²) in [5.41, 5.74) is 1.06. The van der Waals surface area contributed by atoms with Gasteiger partial charge in [-0.2, -0.15) is 0 Å². The lowest BCUT2D eigenvalue weighted by Gasteiger charge is -2.39. The predicted octanol–water partition coefficient (Wildman–Crippen LogP) is 1.51. The lowest BCUT2D eigenvalue weighted by Crippen LogP contribution is -2.52. The quantitative estimate of drug-likeness (QED) is 0.849. The third-order valence-electron chi connectivity index (χ3n) is 4.89. The number of nitrogens with zero attached hydrogens (tertiary/aromatic N) is 3. The summed E-state index contributed by atoms with van der Waals surface area (Å²) in [4.78, 5) is 30.7. The van der Waals surface area contributed by atoms with Crippen LogP contribution in [0.2, 0.25) is 0 Å². The molecule has 5 nitrogen and oxygen atoms in total. The van der Waals surface area contributed by atoms with Crippen molar-refractivity contribution in [2.24, 2.45) is 0 Å². The van der Waals surface area contributed by atoms with Gasteiger partial charge in [0, 0.05) is 46.2 Å². The van der Waals surface area contributed by atoms with Crippen molar-refractivity contribution < 1.29 is 9.59 Å². The molecular formula is C18H25N3O2. The number of benzene rings is 1. The number of rotatable bonds is 3. The fourth-order valence-corrected chi connectivity index (χ4v) is 3.55. The van der Waals surface area contributed by atoms with E-state index in [-0.39, 0.29) is 17.9 Å². The van der Waals surface area contributed by atoms with Gasteiger partial charge in [-0.3, -0.25) is 14.5 Å². The molecular weight excluding hydrogens is 290 g/mol. The van der Waals surface area contributed by atoms with Crippen molar-refractivity contribution >= 4 is 11.8 Å². The molecule has 23 heavy (non-hydrogen) atoms. The summed E-state index contributed by atoms with van der Waals surface area (Å²) in [6.45, 7) is 6.25. The minimum Gasteiger partial charge on any atom is -0.341 e. The van der Waals surface area contributed by atoms with E-state index in [1.807, 2.05) is 40.1 Å². The molecule has 1 aromatic rings. The molecule has 2 fully saturated rings. The Hall–Kier alpha value is -1.88. The number of hydrogen-bond donors (Lipinski definition) is 0. The fraction of sp³-hybridized carbons (Fsp3) is 0.556. The van der Waals surface area contributed by atoms with Gasteiger partial charge in [0.1, 0.15) is 6.04 Å². The summed E-state index contributed by atoms with van der Waals surface area (Å²) >= 11 is 0. The van der Waals surface area contributed by atoms with Crippen molar-refractivity contribution in [2.45, 2.75) is 25.8 Å². The van der Waals surface area contributed by atoms with Gasteiger partial charge in [-0.15, -0.1) is 0 Å². The molecule has 1 aromatic carbocycles. The second kappa shape index (κ2) is 7.13. The largest absolute Gasteiger partial charge is 0.341 e. The molecule has 0 bridgehead atoms. The van der Waals surface area contributed by atoms with Crippen LogP contribution in [0.1, 0.15) is 31.4 Å². The molecule has 124 valence electrons. The minimum absolute atomic E-state index is 0.117. The van der Waals surface area contributed by atoms with Crippen LogP contribution in [0.4, 0.5) is 0 Å². The number of amides is 2. The highest BCUT2D eigenvalue weighted by atomic mass is 16.2. The maximum Gasteiger partial charge on any atom is 0.244 e. The van der Waals surface area contributed by atoms with Crippen molar-refractivity contribution in [3.63, 3.8) is 0 Å². The number of carbonyl (C=O) groups is 2.